The summed E-state index contributed by atoms with van der Waals surface area (Å²) in [5.41, 5.74) is 1.29. The largest absolute Gasteiger partial charge is 0.502 e. The molecule has 0 aliphatic carbocycles. The van der Waals surface area contributed by atoms with E-state index in [0.29, 0.717) is 18.1 Å². The summed E-state index contributed by atoms with van der Waals surface area (Å²) in [5, 5.41) is 18.9. The lowest BCUT2D eigenvalue weighted by Crippen LogP contribution is -2.41. The number of aromatic amines is 1. The van der Waals surface area contributed by atoms with Crippen molar-refractivity contribution >= 4 is 11.2 Å². The molecule has 8 nitrogen and oxygen atoms in total. The van der Waals surface area contributed by atoms with Gasteiger partial charge < -0.3 is 24.7 Å². The Kier molecular flexibility index (Phi) is 3.05. The molecule has 0 radical (unpaired) electrons. The predicted octanol–water partition coefficient (Wildman–Crippen LogP) is -1.11. The molecule has 3 rings (SSSR count). The Labute approximate surface area is 108 Å². The van der Waals surface area contributed by atoms with Gasteiger partial charge in [0, 0.05) is 11.4 Å². The maximum absolute atomic E-state index is 9.78. The van der Waals surface area contributed by atoms with Crippen molar-refractivity contribution < 1.29 is 24.3 Å². The number of fused-ring (bicyclic) bond motifs is 1. The highest BCUT2D eigenvalue weighted by Crippen LogP contribution is 2.26. The number of hydrogen-bond donors (Lipinski definition) is 3. The Hall–Kier alpha value is -1.77. The van der Waals surface area contributed by atoms with Crippen LogP contribution in [-0.4, -0.2) is 51.1 Å². The number of nitrogens with zero attached hydrogens (tertiary/aromatic N) is 3. The molecule has 0 saturated carbocycles. The van der Waals surface area contributed by atoms with Crippen LogP contribution in [0.2, 0.25) is 0 Å². The minimum atomic E-state index is -0.704. The van der Waals surface area contributed by atoms with Crippen molar-refractivity contribution in [2.24, 2.45) is 0 Å². The van der Waals surface area contributed by atoms with Crippen molar-refractivity contribution in [1.82, 2.24) is 15.0 Å². The fourth-order valence-corrected chi connectivity index (χ4v) is 2.23. The number of H-pyrrole nitrogens is 1. The Morgan fingerprint density at radius 3 is 3.16 bits per heavy atom. The molecule has 0 aromatic carbocycles. The Morgan fingerprint density at radius 1 is 1.63 bits per heavy atom. The summed E-state index contributed by atoms with van der Waals surface area (Å²) in [4.78, 5) is 11.3. The molecule has 1 fully saturated rings. The Bertz CT molecular complexity index is 587. The molecule has 1 saturated heterocycles. The highest BCUT2D eigenvalue weighted by molar-refractivity contribution is 5.67. The van der Waals surface area contributed by atoms with Crippen LogP contribution in [0.15, 0.2) is 12.5 Å². The first kappa shape index (κ1) is 12.3. The number of aromatic nitrogens is 4. The Balaban J connectivity index is 1.99. The molecule has 0 spiro atoms. The quantitative estimate of drug-likeness (QED) is 0.609. The molecule has 19 heavy (non-hydrogen) atoms. The minimum absolute atomic E-state index is 0.222. The lowest BCUT2D eigenvalue weighted by molar-refractivity contribution is -0.763. The van der Waals surface area contributed by atoms with Gasteiger partial charge in [-0.2, -0.15) is 9.55 Å². The minimum Gasteiger partial charge on any atom is -0.431 e. The van der Waals surface area contributed by atoms with Crippen LogP contribution in [0, 0.1) is 0 Å². The zero-order valence-electron chi connectivity index (χ0n) is 10.4. The maximum atomic E-state index is 9.78. The summed E-state index contributed by atoms with van der Waals surface area (Å²) < 4.78 is 12.5. The van der Waals surface area contributed by atoms with Crippen molar-refractivity contribution in [2.75, 3.05) is 13.7 Å². The van der Waals surface area contributed by atoms with Crippen molar-refractivity contribution in [3.05, 3.63) is 12.5 Å². The van der Waals surface area contributed by atoms with Crippen LogP contribution < -0.4 is 9.30 Å². The van der Waals surface area contributed by atoms with Crippen molar-refractivity contribution in [3.63, 3.8) is 0 Å². The van der Waals surface area contributed by atoms with E-state index < -0.39 is 18.4 Å². The summed E-state index contributed by atoms with van der Waals surface area (Å²) >= 11 is 0. The predicted molar refractivity (Wildman–Crippen MR) is 62.3 cm³/mol. The fourth-order valence-electron chi connectivity index (χ4n) is 2.23. The summed E-state index contributed by atoms with van der Waals surface area (Å²) in [7, 11) is 1.51. The van der Waals surface area contributed by atoms with Gasteiger partial charge in [-0.15, -0.1) is 0 Å². The van der Waals surface area contributed by atoms with Crippen molar-refractivity contribution in [1.29, 1.82) is 0 Å². The summed E-state index contributed by atoms with van der Waals surface area (Å²) in [5.74, 6) is 0. The van der Waals surface area contributed by atoms with Gasteiger partial charge in [-0.3, -0.25) is 0 Å². The van der Waals surface area contributed by atoms with Gasteiger partial charge in [-0.25, -0.2) is 0 Å². The highest BCUT2D eigenvalue weighted by atomic mass is 16.5. The number of aliphatic hydroxyl groups excluding tert-OH is 2. The van der Waals surface area contributed by atoms with Crippen LogP contribution in [0.25, 0.3) is 11.2 Å². The first-order valence-corrected chi connectivity index (χ1v) is 5.96. The first-order chi connectivity index (χ1) is 9.22. The highest BCUT2D eigenvalue weighted by Gasteiger charge is 2.39. The molecule has 1 aliphatic rings. The smallest absolute Gasteiger partial charge is 0.431 e. The van der Waals surface area contributed by atoms with E-state index in [0.717, 1.165) is 5.52 Å². The normalized spacial score (nSPS) is 27.0. The zero-order chi connectivity index (χ0) is 13.4. The zero-order valence-corrected chi connectivity index (χ0v) is 10.4. The monoisotopic (exact) mass is 267 g/mol. The number of hydrogen-bond acceptors (Lipinski definition) is 6. The van der Waals surface area contributed by atoms with E-state index in [-0.39, 0.29) is 6.61 Å². The average Bonchev–Trinajstić information content (AvgIpc) is 3.02. The van der Waals surface area contributed by atoms with Gasteiger partial charge in [-0.05, 0) is 0 Å². The number of imidazole rings is 1. The summed E-state index contributed by atoms with van der Waals surface area (Å²) in [6.45, 7) is -0.222. The molecule has 1 unspecified atom stereocenters. The van der Waals surface area contributed by atoms with Crippen LogP contribution in [-0.2, 0) is 4.74 Å². The van der Waals surface area contributed by atoms with Gasteiger partial charge in [0.25, 0.3) is 5.65 Å². The molecule has 8 heteroatoms. The van der Waals surface area contributed by atoms with Crippen molar-refractivity contribution in [2.45, 2.75) is 24.9 Å². The second-order valence-corrected chi connectivity index (χ2v) is 4.39. The average molecular weight is 267 g/mol. The van der Waals surface area contributed by atoms with Gasteiger partial charge in [0.05, 0.1) is 26.1 Å². The number of aliphatic hydroxyl groups is 2. The fraction of sp³-hybridized carbons (Fsp3) is 0.545. The van der Waals surface area contributed by atoms with Crippen LogP contribution in [0.1, 0.15) is 12.6 Å². The molecule has 3 heterocycles. The van der Waals surface area contributed by atoms with Crippen molar-refractivity contribution in [3.8, 4) is 6.01 Å². The molecule has 2 aromatic rings. The van der Waals surface area contributed by atoms with Gasteiger partial charge in [0.15, 0.2) is 5.52 Å². The van der Waals surface area contributed by atoms with E-state index in [4.69, 9.17) is 14.6 Å². The van der Waals surface area contributed by atoms with Gasteiger partial charge >= 0.3 is 6.01 Å². The third-order valence-corrected chi connectivity index (χ3v) is 3.22. The Morgan fingerprint density at radius 2 is 2.47 bits per heavy atom. The van der Waals surface area contributed by atoms with E-state index in [1.165, 1.54) is 7.11 Å². The molecule has 0 amide bonds. The molecule has 3 atom stereocenters. The molecule has 2 aromatic heterocycles. The van der Waals surface area contributed by atoms with E-state index in [9.17, 15) is 5.11 Å². The topological polar surface area (TPSA) is 104 Å². The SMILES string of the molecule is COc1nc2nc[nH]c2c[n+]1C1C[C@H](O)[C@@H](CO)O1. The van der Waals surface area contributed by atoms with Crippen LogP contribution in [0.5, 0.6) is 6.01 Å². The van der Waals surface area contributed by atoms with E-state index in [1.54, 1.807) is 17.1 Å². The van der Waals surface area contributed by atoms with E-state index in [2.05, 4.69) is 15.0 Å². The van der Waals surface area contributed by atoms with Crippen LogP contribution in [0.3, 0.4) is 0 Å². The summed E-state index contributed by atoms with van der Waals surface area (Å²) in [6.07, 6.45) is 1.97. The number of ether oxygens (including phenoxy) is 2. The number of rotatable bonds is 3. The third-order valence-electron chi connectivity index (χ3n) is 3.22. The molecule has 3 N–H and O–H groups in total. The molecule has 1 aliphatic heterocycles. The molecular formula is C11H15N4O4+. The maximum Gasteiger partial charge on any atom is 0.502 e. The second kappa shape index (κ2) is 4.72. The standard InChI is InChI=1S/C11H14N4O4/c1-18-11-14-10-6(12-5-13-10)3-15(11)9-2-7(17)8(4-16)19-9/h3,5,7-9,16-17H,2,4H2,1H3/p+1/t7-,8+,9?/m0/s1. The number of nitrogens with one attached hydrogen (secondary N) is 1. The number of methoxy groups -OCH3 is 1. The summed E-state index contributed by atoms with van der Waals surface area (Å²) in [6, 6.07) is 0.343. The van der Waals surface area contributed by atoms with E-state index in [1.807, 2.05) is 0 Å². The molecule has 0 bridgehead atoms. The van der Waals surface area contributed by atoms with Gasteiger partial charge in [0.2, 0.25) is 6.23 Å². The van der Waals surface area contributed by atoms with Crippen LogP contribution >= 0.6 is 0 Å². The third kappa shape index (κ3) is 2.03. The van der Waals surface area contributed by atoms with Crippen LogP contribution in [0.4, 0.5) is 0 Å². The van der Waals surface area contributed by atoms with E-state index >= 15 is 0 Å². The van der Waals surface area contributed by atoms with Gasteiger partial charge in [0.1, 0.15) is 12.3 Å². The lowest BCUT2D eigenvalue weighted by atomic mass is 10.2. The second-order valence-electron chi connectivity index (χ2n) is 4.39. The van der Waals surface area contributed by atoms with Gasteiger partial charge in [-0.1, -0.05) is 0 Å². The first-order valence-electron chi connectivity index (χ1n) is 5.96. The lowest BCUT2D eigenvalue weighted by Gasteiger charge is -2.11. The molecule has 102 valence electrons. The molecular weight excluding hydrogens is 252 g/mol.